The highest BCUT2D eigenvalue weighted by atomic mass is 19.4. The van der Waals surface area contributed by atoms with Crippen molar-refractivity contribution in [2.45, 2.75) is 12.8 Å². The van der Waals surface area contributed by atoms with Gasteiger partial charge < -0.3 is 19.6 Å². The summed E-state index contributed by atoms with van der Waals surface area (Å²) in [5.41, 5.74) is 0.0316. The van der Waals surface area contributed by atoms with Crippen LogP contribution in [0.2, 0.25) is 0 Å². The van der Waals surface area contributed by atoms with Crippen molar-refractivity contribution in [1.29, 1.82) is 0 Å². The maximum atomic E-state index is 12.9. The highest BCUT2D eigenvalue weighted by Gasteiger charge is 2.35. The van der Waals surface area contributed by atoms with Crippen molar-refractivity contribution >= 4 is 11.6 Å². The second-order valence-corrected chi connectivity index (χ2v) is 5.35. The van der Waals surface area contributed by atoms with Crippen molar-refractivity contribution < 1.29 is 32.3 Å². The van der Waals surface area contributed by atoms with E-state index in [4.69, 9.17) is 14.3 Å². The van der Waals surface area contributed by atoms with Gasteiger partial charge in [0.1, 0.15) is 19.3 Å². The van der Waals surface area contributed by atoms with E-state index in [1.807, 2.05) is 0 Å². The Bertz CT molecular complexity index is 869. The van der Waals surface area contributed by atoms with Gasteiger partial charge in [-0.05, 0) is 11.6 Å². The van der Waals surface area contributed by atoms with Crippen molar-refractivity contribution in [2.24, 2.45) is 5.16 Å². The van der Waals surface area contributed by atoms with Crippen LogP contribution in [0.25, 0.3) is 0 Å². The molecule has 0 aliphatic rings. The monoisotopic (exact) mass is 397 g/mol. The number of oxime groups is 1. The molecule has 150 valence electrons. The Balaban J connectivity index is 2.29. The number of alkyl halides is 3. The van der Waals surface area contributed by atoms with E-state index in [-0.39, 0.29) is 18.2 Å². The highest BCUT2D eigenvalue weighted by Crippen LogP contribution is 2.36. The van der Waals surface area contributed by atoms with Crippen molar-refractivity contribution in [3.8, 4) is 11.8 Å². The number of carbonyl (C=O) groups excluding carboxylic acids is 1. The number of likely N-dealkylation sites (N-methyl/N-ethyl adjacent to an activating group) is 1. The molecule has 1 amide bonds. The fourth-order valence-electron chi connectivity index (χ4n) is 2.33. The molecular formula is C18H18F3N3O4. The fraction of sp³-hybridized carbons (Fsp3) is 0.278. The molecule has 0 radical (unpaired) electrons. The van der Waals surface area contributed by atoms with Gasteiger partial charge in [-0.1, -0.05) is 29.4 Å². The Kier molecular flexibility index (Phi) is 6.80. The quantitative estimate of drug-likeness (QED) is 0.574. The molecule has 2 aromatic rings. The number of pyridine rings is 1. The average Bonchev–Trinajstić information content (AvgIpc) is 2.69. The second-order valence-electron chi connectivity index (χ2n) is 5.35. The zero-order valence-corrected chi connectivity index (χ0v) is 15.3. The molecule has 0 spiro atoms. The molecule has 2 rings (SSSR count). The SMILES string of the molecule is CNC(=O)/C(=N\OC)c1ccccc1COc1ccc(C(F)(F)F)c(OC)n1. The van der Waals surface area contributed by atoms with Crippen LogP contribution in [0.1, 0.15) is 16.7 Å². The first-order valence-corrected chi connectivity index (χ1v) is 7.98. The van der Waals surface area contributed by atoms with Gasteiger partial charge in [-0.25, -0.2) is 0 Å². The van der Waals surface area contributed by atoms with Crippen LogP contribution < -0.4 is 14.8 Å². The van der Waals surface area contributed by atoms with Gasteiger partial charge in [0.25, 0.3) is 5.91 Å². The molecule has 0 bridgehead atoms. The highest BCUT2D eigenvalue weighted by molar-refractivity contribution is 6.45. The summed E-state index contributed by atoms with van der Waals surface area (Å²) in [5.74, 6) is -1.13. The van der Waals surface area contributed by atoms with Crippen LogP contribution >= 0.6 is 0 Å². The summed E-state index contributed by atoms with van der Waals surface area (Å²) in [6.45, 7) is -0.0720. The zero-order chi connectivity index (χ0) is 20.7. The molecular weight excluding hydrogens is 379 g/mol. The van der Waals surface area contributed by atoms with Gasteiger partial charge in [0.15, 0.2) is 5.71 Å². The molecule has 7 nitrogen and oxygen atoms in total. The van der Waals surface area contributed by atoms with Crippen LogP contribution in [0.3, 0.4) is 0 Å². The lowest BCUT2D eigenvalue weighted by Gasteiger charge is -2.14. The molecule has 10 heteroatoms. The molecule has 0 unspecified atom stereocenters. The minimum atomic E-state index is -4.59. The van der Waals surface area contributed by atoms with Crippen LogP contribution in [-0.2, 0) is 22.4 Å². The summed E-state index contributed by atoms with van der Waals surface area (Å²) in [5, 5.41) is 6.19. The minimum Gasteiger partial charge on any atom is -0.480 e. The zero-order valence-electron chi connectivity index (χ0n) is 15.3. The van der Waals surface area contributed by atoms with E-state index >= 15 is 0 Å². The predicted molar refractivity (Wildman–Crippen MR) is 94.2 cm³/mol. The van der Waals surface area contributed by atoms with Crippen LogP contribution in [0.5, 0.6) is 11.8 Å². The standard InChI is InChI=1S/C18H18F3N3O4/c1-22-16(25)15(24-27-3)12-7-5-4-6-11(12)10-28-14-9-8-13(18(19,20)21)17(23-14)26-2/h4-9H,10H2,1-3H3,(H,22,25)/b24-15-. The summed E-state index contributed by atoms with van der Waals surface area (Å²) >= 11 is 0. The van der Waals surface area contributed by atoms with Crippen LogP contribution in [0.15, 0.2) is 41.6 Å². The van der Waals surface area contributed by atoms with Gasteiger partial charge >= 0.3 is 6.18 Å². The molecule has 0 atom stereocenters. The number of halogens is 3. The van der Waals surface area contributed by atoms with Gasteiger partial charge in [0, 0.05) is 18.7 Å². The molecule has 0 saturated heterocycles. The second kappa shape index (κ2) is 9.07. The van der Waals surface area contributed by atoms with Gasteiger partial charge in [0.2, 0.25) is 11.8 Å². The number of methoxy groups -OCH3 is 1. The van der Waals surface area contributed by atoms with Crippen molar-refractivity contribution in [2.75, 3.05) is 21.3 Å². The molecule has 1 aromatic heterocycles. The van der Waals surface area contributed by atoms with Gasteiger partial charge in [-0.2, -0.15) is 18.2 Å². The molecule has 0 aliphatic carbocycles. The first-order valence-electron chi connectivity index (χ1n) is 7.98. The number of hydrogen-bond acceptors (Lipinski definition) is 6. The van der Waals surface area contributed by atoms with Crippen LogP contribution in [0.4, 0.5) is 13.2 Å². The Morgan fingerprint density at radius 2 is 1.89 bits per heavy atom. The molecule has 1 heterocycles. The largest absolute Gasteiger partial charge is 0.480 e. The Hall–Kier alpha value is -3.30. The summed E-state index contributed by atoms with van der Waals surface area (Å²) in [6, 6.07) is 8.67. The Morgan fingerprint density at radius 1 is 1.18 bits per heavy atom. The number of rotatable bonds is 7. The third kappa shape index (κ3) is 4.90. The smallest absolute Gasteiger partial charge is 0.421 e. The first kappa shape index (κ1) is 21.0. The fourth-order valence-corrected chi connectivity index (χ4v) is 2.33. The maximum Gasteiger partial charge on any atom is 0.421 e. The number of nitrogens with zero attached hydrogens (tertiary/aromatic N) is 2. The normalized spacial score (nSPS) is 11.7. The van der Waals surface area contributed by atoms with E-state index in [0.717, 1.165) is 19.2 Å². The predicted octanol–water partition coefficient (Wildman–Crippen LogP) is 2.78. The molecule has 28 heavy (non-hydrogen) atoms. The first-order chi connectivity index (χ1) is 13.3. The molecule has 0 fully saturated rings. The number of aromatic nitrogens is 1. The van der Waals surface area contributed by atoms with Gasteiger partial charge in [-0.15, -0.1) is 0 Å². The van der Waals surface area contributed by atoms with Crippen molar-refractivity contribution in [3.05, 3.63) is 53.1 Å². The molecule has 0 saturated carbocycles. The van der Waals surface area contributed by atoms with Crippen molar-refractivity contribution in [1.82, 2.24) is 10.3 Å². The number of benzene rings is 1. The third-order valence-electron chi connectivity index (χ3n) is 3.61. The van der Waals surface area contributed by atoms with E-state index in [1.54, 1.807) is 24.3 Å². The summed E-state index contributed by atoms with van der Waals surface area (Å²) in [7, 11) is 3.85. The molecule has 1 aromatic carbocycles. The van der Waals surface area contributed by atoms with E-state index in [2.05, 4.69) is 15.5 Å². The number of carbonyl (C=O) groups is 1. The maximum absolute atomic E-state index is 12.9. The van der Waals surface area contributed by atoms with E-state index in [9.17, 15) is 18.0 Å². The lowest BCUT2D eigenvalue weighted by atomic mass is 10.0. The van der Waals surface area contributed by atoms with E-state index < -0.39 is 23.5 Å². The van der Waals surface area contributed by atoms with Gasteiger partial charge in [-0.3, -0.25) is 4.79 Å². The third-order valence-corrected chi connectivity index (χ3v) is 3.61. The molecule has 1 N–H and O–H groups in total. The lowest BCUT2D eigenvalue weighted by Crippen LogP contribution is -2.29. The van der Waals surface area contributed by atoms with E-state index in [1.165, 1.54) is 14.2 Å². The number of ether oxygens (including phenoxy) is 2. The number of amides is 1. The van der Waals surface area contributed by atoms with Crippen LogP contribution in [0, 0.1) is 0 Å². The Morgan fingerprint density at radius 3 is 2.50 bits per heavy atom. The van der Waals surface area contributed by atoms with E-state index in [0.29, 0.717) is 11.1 Å². The minimum absolute atomic E-state index is 0.0298. The lowest BCUT2D eigenvalue weighted by molar-refractivity contribution is -0.139. The molecule has 0 aliphatic heterocycles. The summed E-state index contributed by atoms with van der Waals surface area (Å²) < 4.78 is 49.0. The topological polar surface area (TPSA) is 82.0 Å². The Labute approximate surface area is 159 Å². The van der Waals surface area contributed by atoms with Crippen LogP contribution in [-0.4, -0.2) is 37.9 Å². The number of nitrogens with one attached hydrogen (secondary N) is 1. The average molecular weight is 397 g/mol. The van der Waals surface area contributed by atoms with Gasteiger partial charge in [0.05, 0.1) is 7.11 Å². The summed E-state index contributed by atoms with van der Waals surface area (Å²) in [6.07, 6.45) is -4.59. The number of hydrogen-bond donors (Lipinski definition) is 1. The van der Waals surface area contributed by atoms with Crippen molar-refractivity contribution in [3.63, 3.8) is 0 Å². The summed E-state index contributed by atoms with van der Waals surface area (Å²) in [4.78, 5) is 20.5.